The van der Waals surface area contributed by atoms with Gasteiger partial charge in [-0.1, -0.05) is 66.7 Å². The molecule has 0 unspecified atom stereocenters. The number of rotatable bonds is 4. The summed E-state index contributed by atoms with van der Waals surface area (Å²) in [6.07, 6.45) is 3.81. The molecule has 0 saturated carbocycles. The number of anilines is 2. The Labute approximate surface area is 216 Å². The van der Waals surface area contributed by atoms with Crippen LogP contribution in [0.5, 0.6) is 0 Å². The Morgan fingerprint density at radius 3 is 1.50 bits per heavy atom. The van der Waals surface area contributed by atoms with Crippen LogP contribution < -0.4 is 9.80 Å². The molecule has 0 N–H and O–H groups in total. The van der Waals surface area contributed by atoms with E-state index in [0.29, 0.717) is 23.5 Å². The van der Waals surface area contributed by atoms with Crippen molar-refractivity contribution in [2.75, 3.05) is 9.80 Å². The zero-order chi connectivity index (χ0) is 25.2. The fourth-order valence-electron chi connectivity index (χ4n) is 4.53. The standard InChI is InChI=1S/C30H25N3O2S/c1-21-18-24(19-22(2)31(21)20-23-12-6-3-7-13-23)27-28(34)32(25-14-8-4-9-15-25)30(36)33(29(27)35)26-16-10-5-11-17-26/h3-19H,20H2,1-2H3. The predicted molar refractivity (Wildman–Crippen MR) is 147 cm³/mol. The van der Waals surface area contributed by atoms with Gasteiger partial charge < -0.3 is 4.90 Å². The third-order valence-corrected chi connectivity index (χ3v) is 6.66. The highest BCUT2D eigenvalue weighted by Gasteiger charge is 2.42. The number of hydrogen-bond donors (Lipinski definition) is 0. The molecule has 0 radical (unpaired) electrons. The van der Waals surface area contributed by atoms with Gasteiger partial charge in [0.1, 0.15) is 5.57 Å². The van der Waals surface area contributed by atoms with E-state index >= 15 is 0 Å². The number of hydrogen-bond acceptors (Lipinski definition) is 4. The van der Waals surface area contributed by atoms with Crippen LogP contribution in [0, 0.1) is 0 Å². The van der Waals surface area contributed by atoms with Crippen molar-refractivity contribution < 1.29 is 9.59 Å². The van der Waals surface area contributed by atoms with E-state index in [2.05, 4.69) is 17.0 Å². The first kappa shape index (κ1) is 23.5. The molecule has 5 rings (SSSR count). The molecular weight excluding hydrogens is 466 g/mol. The minimum atomic E-state index is -0.428. The summed E-state index contributed by atoms with van der Waals surface area (Å²) in [7, 11) is 0. The van der Waals surface area contributed by atoms with Crippen LogP contribution >= 0.6 is 12.2 Å². The number of carbonyl (C=O) groups is 2. The van der Waals surface area contributed by atoms with E-state index in [0.717, 1.165) is 11.4 Å². The van der Waals surface area contributed by atoms with Gasteiger partial charge in [0.25, 0.3) is 11.8 Å². The summed E-state index contributed by atoms with van der Waals surface area (Å²) < 4.78 is 0. The molecule has 5 nitrogen and oxygen atoms in total. The third-order valence-electron chi connectivity index (χ3n) is 6.30. The van der Waals surface area contributed by atoms with Crippen LogP contribution in [-0.2, 0) is 16.1 Å². The second kappa shape index (κ2) is 9.76. The average molecular weight is 492 g/mol. The molecule has 0 bridgehead atoms. The molecule has 1 saturated heterocycles. The first-order chi connectivity index (χ1) is 17.5. The van der Waals surface area contributed by atoms with Crippen LogP contribution in [0.4, 0.5) is 11.4 Å². The van der Waals surface area contributed by atoms with Gasteiger partial charge in [-0.15, -0.1) is 0 Å². The smallest absolute Gasteiger partial charge is 0.270 e. The van der Waals surface area contributed by atoms with Crippen LogP contribution in [0.3, 0.4) is 0 Å². The van der Waals surface area contributed by atoms with E-state index in [1.165, 1.54) is 15.4 Å². The van der Waals surface area contributed by atoms with Crippen molar-refractivity contribution in [2.45, 2.75) is 20.4 Å². The van der Waals surface area contributed by atoms with E-state index in [1.807, 2.05) is 105 Å². The second-order valence-corrected chi connectivity index (χ2v) is 9.07. The minimum Gasteiger partial charge on any atom is -0.345 e. The van der Waals surface area contributed by atoms with Gasteiger partial charge in [-0.2, -0.15) is 0 Å². The molecule has 0 spiro atoms. The largest absolute Gasteiger partial charge is 0.345 e. The maximum Gasteiger partial charge on any atom is 0.270 e. The van der Waals surface area contributed by atoms with Gasteiger partial charge in [0.2, 0.25) is 0 Å². The molecule has 178 valence electrons. The molecule has 1 fully saturated rings. The maximum absolute atomic E-state index is 13.9. The van der Waals surface area contributed by atoms with Crippen molar-refractivity contribution in [1.82, 2.24) is 4.90 Å². The van der Waals surface area contributed by atoms with Crippen molar-refractivity contribution in [1.29, 1.82) is 0 Å². The molecule has 2 aliphatic heterocycles. The highest BCUT2D eigenvalue weighted by molar-refractivity contribution is 7.81. The van der Waals surface area contributed by atoms with Crippen LogP contribution in [0.15, 0.2) is 126 Å². The number of allylic oxidation sites excluding steroid dienone is 5. The van der Waals surface area contributed by atoms with Gasteiger partial charge in [0.15, 0.2) is 5.11 Å². The monoisotopic (exact) mass is 491 g/mol. The molecule has 3 aromatic rings. The Hall–Kier alpha value is -4.29. The van der Waals surface area contributed by atoms with Crippen molar-refractivity contribution in [3.63, 3.8) is 0 Å². The van der Waals surface area contributed by atoms with E-state index < -0.39 is 11.8 Å². The van der Waals surface area contributed by atoms with E-state index in [-0.39, 0.29) is 10.7 Å². The molecule has 2 aliphatic rings. The van der Waals surface area contributed by atoms with Gasteiger partial charge in [-0.05, 0) is 73.6 Å². The molecule has 2 heterocycles. The summed E-state index contributed by atoms with van der Waals surface area (Å²) in [6.45, 7) is 4.69. The molecule has 0 atom stereocenters. The van der Waals surface area contributed by atoms with Crippen LogP contribution in [-0.4, -0.2) is 21.8 Å². The fourth-order valence-corrected chi connectivity index (χ4v) is 4.91. The van der Waals surface area contributed by atoms with Gasteiger partial charge in [0.05, 0.1) is 11.4 Å². The topological polar surface area (TPSA) is 43.9 Å². The Balaban J connectivity index is 1.61. The highest BCUT2D eigenvalue weighted by atomic mass is 32.1. The normalized spacial score (nSPS) is 16.4. The number of nitrogens with zero attached hydrogens (tertiary/aromatic N) is 3. The first-order valence-corrected chi connectivity index (χ1v) is 12.1. The molecule has 3 aromatic carbocycles. The predicted octanol–water partition coefficient (Wildman–Crippen LogP) is 5.97. The lowest BCUT2D eigenvalue weighted by Gasteiger charge is -2.38. The van der Waals surface area contributed by atoms with Crippen LogP contribution in [0.25, 0.3) is 0 Å². The zero-order valence-electron chi connectivity index (χ0n) is 20.1. The summed E-state index contributed by atoms with van der Waals surface area (Å²) in [6, 6.07) is 28.6. The maximum atomic E-state index is 13.9. The van der Waals surface area contributed by atoms with E-state index in [1.54, 1.807) is 0 Å². The SMILES string of the molecule is CC1=CC(=C2C(=O)N(c3ccccc3)C(=S)N(c3ccccc3)C2=O)C=C(C)N1Cc1ccccc1. The number of benzene rings is 3. The number of amides is 2. The zero-order valence-corrected chi connectivity index (χ0v) is 20.9. The Bertz CT molecular complexity index is 1340. The average Bonchev–Trinajstić information content (AvgIpc) is 2.88. The van der Waals surface area contributed by atoms with Gasteiger partial charge in [-0.25, -0.2) is 0 Å². The molecule has 36 heavy (non-hydrogen) atoms. The van der Waals surface area contributed by atoms with Crippen molar-refractivity contribution in [3.05, 3.63) is 131 Å². The number of thiocarbonyl (C=S) groups is 1. The lowest BCUT2D eigenvalue weighted by molar-refractivity contribution is -0.121. The quantitative estimate of drug-likeness (QED) is 0.256. The summed E-state index contributed by atoms with van der Waals surface area (Å²) >= 11 is 5.71. The Morgan fingerprint density at radius 1 is 0.639 bits per heavy atom. The van der Waals surface area contributed by atoms with Gasteiger partial charge >= 0.3 is 0 Å². The number of para-hydroxylation sites is 2. The summed E-state index contributed by atoms with van der Waals surface area (Å²) in [4.78, 5) is 32.8. The van der Waals surface area contributed by atoms with E-state index in [4.69, 9.17) is 12.2 Å². The lowest BCUT2D eigenvalue weighted by atomic mass is 9.97. The molecule has 0 aliphatic carbocycles. The second-order valence-electron chi connectivity index (χ2n) is 8.71. The minimum absolute atomic E-state index is 0.0920. The number of carbonyl (C=O) groups excluding carboxylic acids is 2. The summed E-state index contributed by atoms with van der Waals surface area (Å²) in [5, 5.41) is 0.134. The molecule has 2 amide bonds. The molecule has 0 aromatic heterocycles. The summed E-state index contributed by atoms with van der Waals surface area (Å²) in [5.41, 5.74) is 4.97. The summed E-state index contributed by atoms with van der Waals surface area (Å²) in [5.74, 6) is -0.856. The van der Waals surface area contributed by atoms with Crippen LogP contribution in [0.2, 0.25) is 0 Å². The van der Waals surface area contributed by atoms with Gasteiger partial charge in [0, 0.05) is 17.9 Å². The fraction of sp³-hybridized carbons (Fsp3) is 0.100. The van der Waals surface area contributed by atoms with Crippen molar-refractivity contribution in [2.24, 2.45) is 0 Å². The molecule has 6 heteroatoms. The van der Waals surface area contributed by atoms with Crippen LogP contribution in [0.1, 0.15) is 19.4 Å². The molecular formula is C30H25N3O2S. The van der Waals surface area contributed by atoms with E-state index in [9.17, 15) is 9.59 Å². The highest BCUT2D eigenvalue weighted by Crippen LogP contribution is 2.33. The third kappa shape index (κ3) is 4.27. The van der Waals surface area contributed by atoms with Crippen molar-refractivity contribution >= 4 is 40.5 Å². The van der Waals surface area contributed by atoms with Crippen molar-refractivity contribution in [3.8, 4) is 0 Å². The van der Waals surface area contributed by atoms with Gasteiger partial charge in [-0.3, -0.25) is 19.4 Å². The Morgan fingerprint density at radius 2 is 1.06 bits per heavy atom. The first-order valence-electron chi connectivity index (χ1n) is 11.7. The Kier molecular flexibility index (Phi) is 6.36. The lowest BCUT2D eigenvalue weighted by Crippen LogP contribution is -2.57.